The van der Waals surface area contributed by atoms with Crippen LogP contribution in [0, 0.1) is 0 Å². The van der Waals surface area contributed by atoms with Gasteiger partial charge in [-0.25, -0.2) is 0 Å². The first-order valence-corrected chi connectivity index (χ1v) is 12.3. The van der Waals surface area contributed by atoms with Gasteiger partial charge in [0.25, 0.3) is 0 Å². The van der Waals surface area contributed by atoms with E-state index in [1.54, 1.807) is 7.11 Å². The summed E-state index contributed by atoms with van der Waals surface area (Å²) in [4.78, 5) is 0. The smallest absolute Gasteiger partial charge is 0.494 e. The van der Waals surface area contributed by atoms with Crippen molar-refractivity contribution in [2.24, 2.45) is 0 Å². The van der Waals surface area contributed by atoms with Gasteiger partial charge in [0.05, 0.1) is 18.3 Å². The topological polar surface area (TPSA) is 27.7 Å². The van der Waals surface area contributed by atoms with Gasteiger partial charge >= 0.3 is 7.12 Å². The SMILES string of the molecule is COc1ccc(-c2ccc3cc(B4OC(C)(C)C(C)(C)O4)ccc3c2)cc1C1CCCCC1. The van der Waals surface area contributed by atoms with Gasteiger partial charge in [-0.05, 0) is 97.6 Å². The minimum Gasteiger partial charge on any atom is -0.496 e. The number of methoxy groups -OCH3 is 1. The number of hydrogen-bond donors (Lipinski definition) is 0. The third kappa shape index (κ3) is 4.20. The quantitative estimate of drug-likeness (QED) is 0.413. The van der Waals surface area contributed by atoms with Gasteiger partial charge in [-0.1, -0.05) is 55.7 Å². The van der Waals surface area contributed by atoms with E-state index in [-0.39, 0.29) is 18.3 Å². The van der Waals surface area contributed by atoms with Gasteiger partial charge in [-0.15, -0.1) is 0 Å². The molecule has 3 aromatic carbocycles. The zero-order valence-electron chi connectivity index (χ0n) is 20.6. The van der Waals surface area contributed by atoms with Crippen LogP contribution in [0.4, 0.5) is 0 Å². The van der Waals surface area contributed by atoms with E-state index in [2.05, 4.69) is 82.3 Å². The van der Waals surface area contributed by atoms with Crippen molar-refractivity contribution in [2.75, 3.05) is 7.11 Å². The molecule has 1 aliphatic heterocycles. The summed E-state index contributed by atoms with van der Waals surface area (Å²) in [5, 5.41) is 2.43. The molecule has 1 saturated heterocycles. The van der Waals surface area contributed by atoms with Crippen LogP contribution in [0.25, 0.3) is 21.9 Å². The second kappa shape index (κ2) is 8.49. The molecule has 5 rings (SSSR count). The highest BCUT2D eigenvalue weighted by Crippen LogP contribution is 2.40. The Morgan fingerprint density at radius 3 is 2.06 bits per heavy atom. The molecule has 0 aromatic heterocycles. The normalized spacial score (nSPS) is 20.3. The molecule has 1 saturated carbocycles. The largest absolute Gasteiger partial charge is 0.496 e. The molecule has 33 heavy (non-hydrogen) atoms. The van der Waals surface area contributed by atoms with Crippen LogP contribution in [0.5, 0.6) is 5.75 Å². The van der Waals surface area contributed by atoms with Crippen LogP contribution in [0.1, 0.15) is 71.3 Å². The van der Waals surface area contributed by atoms with Crippen molar-refractivity contribution in [3.8, 4) is 16.9 Å². The maximum atomic E-state index is 6.25. The maximum Gasteiger partial charge on any atom is 0.494 e. The van der Waals surface area contributed by atoms with E-state index in [0.717, 1.165) is 11.2 Å². The third-order valence-corrected chi connectivity index (χ3v) is 8.00. The van der Waals surface area contributed by atoms with Gasteiger partial charge in [0, 0.05) is 0 Å². The van der Waals surface area contributed by atoms with Gasteiger partial charge in [-0.2, -0.15) is 0 Å². The summed E-state index contributed by atoms with van der Waals surface area (Å²) in [6, 6.07) is 19.9. The van der Waals surface area contributed by atoms with Crippen molar-refractivity contribution in [2.45, 2.75) is 76.9 Å². The number of benzene rings is 3. The van der Waals surface area contributed by atoms with Gasteiger partial charge in [0.2, 0.25) is 0 Å². The molecule has 1 heterocycles. The summed E-state index contributed by atoms with van der Waals surface area (Å²) in [5.41, 5.74) is 4.27. The van der Waals surface area contributed by atoms with Gasteiger partial charge in [-0.3, -0.25) is 0 Å². The van der Waals surface area contributed by atoms with Crippen LogP contribution < -0.4 is 10.2 Å². The number of ether oxygens (including phenoxy) is 1. The van der Waals surface area contributed by atoms with E-state index in [0.29, 0.717) is 5.92 Å². The highest BCUT2D eigenvalue weighted by molar-refractivity contribution is 6.62. The van der Waals surface area contributed by atoms with Crippen LogP contribution in [0.3, 0.4) is 0 Å². The Morgan fingerprint density at radius 1 is 0.758 bits per heavy atom. The molecule has 1 aliphatic carbocycles. The van der Waals surface area contributed by atoms with Crippen molar-refractivity contribution in [3.05, 3.63) is 60.2 Å². The summed E-state index contributed by atoms with van der Waals surface area (Å²) in [5.74, 6) is 1.63. The van der Waals surface area contributed by atoms with Crippen molar-refractivity contribution in [3.63, 3.8) is 0 Å². The molecule has 0 atom stereocenters. The van der Waals surface area contributed by atoms with Crippen molar-refractivity contribution in [1.29, 1.82) is 0 Å². The van der Waals surface area contributed by atoms with E-state index in [4.69, 9.17) is 14.0 Å². The zero-order valence-corrected chi connectivity index (χ0v) is 20.6. The number of hydrogen-bond acceptors (Lipinski definition) is 3. The summed E-state index contributed by atoms with van der Waals surface area (Å²) < 4.78 is 18.2. The Labute approximate surface area is 198 Å². The van der Waals surface area contributed by atoms with E-state index in [9.17, 15) is 0 Å². The fraction of sp³-hybridized carbons (Fsp3) is 0.448. The lowest BCUT2D eigenvalue weighted by atomic mass is 9.78. The third-order valence-electron chi connectivity index (χ3n) is 8.00. The summed E-state index contributed by atoms with van der Waals surface area (Å²) in [7, 11) is 1.45. The predicted molar refractivity (Wildman–Crippen MR) is 137 cm³/mol. The van der Waals surface area contributed by atoms with Crippen LogP contribution in [0.15, 0.2) is 54.6 Å². The molecule has 0 radical (unpaired) electrons. The molecule has 3 nitrogen and oxygen atoms in total. The van der Waals surface area contributed by atoms with Crippen LogP contribution in [0.2, 0.25) is 0 Å². The van der Waals surface area contributed by atoms with Crippen molar-refractivity contribution < 1.29 is 14.0 Å². The predicted octanol–water partition coefficient (Wildman–Crippen LogP) is 6.86. The first kappa shape index (κ1) is 22.5. The average molecular weight is 442 g/mol. The molecule has 0 spiro atoms. The summed E-state index contributed by atoms with van der Waals surface area (Å²) in [6.45, 7) is 8.38. The zero-order chi connectivity index (χ0) is 23.2. The lowest BCUT2D eigenvalue weighted by Crippen LogP contribution is -2.41. The fourth-order valence-electron chi connectivity index (χ4n) is 5.22. The molecule has 0 N–H and O–H groups in total. The first-order valence-electron chi connectivity index (χ1n) is 12.3. The second-order valence-corrected chi connectivity index (χ2v) is 10.7. The number of rotatable bonds is 4. The minimum absolute atomic E-state index is 0.332. The van der Waals surface area contributed by atoms with Crippen LogP contribution in [-0.2, 0) is 9.31 Å². The highest BCUT2D eigenvalue weighted by atomic mass is 16.7. The molecule has 3 aromatic rings. The molecule has 2 fully saturated rings. The van der Waals surface area contributed by atoms with Gasteiger partial charge in [0.1, 0.15) is 5.75 Å². The molecule has 2 aliphatic rings. The van der Waals surface area contributed by atoms with E-state index in [1.165, 1.54) is 59.6 Å². The maximum absolute atomic E-state index is 6.25. The molecule has 4 heteroatoms. The highest BCUT2D eigenvalue weighted by Gasteiger charge is 2.51. The second-order valence-electron chi connectivity index (χ2n) is 10.7. The average Bonchev–Trinajstić information content (AvgIpc) is 3.05. The Balaban J connectivity index is 1.45. The Kier molecular flexibility index (Phi) is 5.78. The van der Waals surface area contributed by atoms with Crippen LogP contribution >= 0.6 is 0 Å². The minimum atomic E-state index is -0.335. The first-order chi connectivity index (χ1) is 15.8. The van der Waals surface area contributed by atoms with Crippen molar-refractivity contribution in [1.82, 2.24) is 0 Å². The lowest BCUT2D eigenvalue weighted by molar-refractivity contribution is 0.00578. The van der Waals surface area contributed by atoms with E-state index >= 15 is 0 Å². The Bertz CT molecular complexity index is 1140. The monoisotopic (exact) mass is 442 g/mol. The molecular formula is C29H35BO3. The molecule has 172 valence electrons. The number of fused-ring (bicyclic) bond motifs is 1. The lowest BCUT2D eigenvalue weighted by Gasteiger charge is -2.32. The van der Waals surface area contributed by atoms with E-state index < -0.39 is 0 Å². The Morgan fingerprint density at radius 2 is 1.36 bits per heavy atom. The molecule has 0 bridgehead atoms. The molecule has 0 unspecified atom stereocenters. The van der Waals surface area contributed by atoms with E-state index in [1.807, 2.05) is 0 Å². The van der Waals surface area contributed by atoms with Gasteiger partial charge < -0.3 is 14.0 Å². The fourth-order valence-corrected chi connectivity index (χ4v) is 5.22. The molecule has 0 amide bonds. The molecular weight excluding hydrogens is 407 g/mol. The van der Waals surface area contributed by atoms with Gasteiger partial charge in [0.15, 0.2) is 0 Å². The van der Waals surface area contributed by atoms with Crippen molar-refractivity contribution >= 4 is 23.4 Å². The van der Waals surface area contributed by atoms with Crippen LogP contribution in [-0.4, -0.2) is 25.4 Å². The summed E-state index contributed by atoms with van der Waals surface area (Å²) >= 11 is 0. The summed E-state index contributed by atoms with van der Waals surface area (Å²) in [6.07, 6.45) is 6.52. The standard InChI is InChI=1S/C29H35BO3/c1-28(2)29(3,4)33-30(32-28)25-15-13-22-17-21(11-12-23(22)18-25)24-14-16-27(31-5)26(19-24)20-9-7-6-8-10-20/h11-20H,6-10H2,1-5H3. The Hall–Kier alpha value is -2.30.